The number of H-pyrrole nitrogens is 1. The molecule has 0 radical (unpaired) electrons. The van der Waals surface area contributed by atoms with Crippen molar-refractivity contribution in [3.63, 3.8) is 0 Å². The Labute approximate surface area is 155 Å². The maximum absolute atomic E-state index is 12.9. The Balaban J connectivity index is 1.65. The predicted octanol–water partition coefficient (Wildman–Crippen LogP) is 2.76. The van der Waals surface area contributed by atoms with E-state index in [2.05, 4.69) is 9.97 Å². The van der Waals surface area contributed by atoms with Crippen LogP contribution in [0.4, 0.5) is 4.39 Å². The number of hydrogen-bond acceptors (Lipinski definition) is 4. The molecule has 0 bridgehead atoms. The van der Waals surface area contributed by atoms with Gasteiger partial charge in [-0.25, -0.2) is 9.37 Å². The summed E-state index contributed by atoms with van der Waals surface area (Å²) in [6.07, 6.45) is 1.24. The van der Waals surface area contributed by atoms with Crippen molar-refractivity contribution in [3.05, 3.63) is 93.9 Å². The second-order valence-corrected chi connectivity index (χ2v) is 5.96. The van der Waals surface area contributed by atoms with Crippen LogP contribution in [0.2, 0.25) is 0 Å². The van der Waals surface area contributed by atoms with E-state index in [1.807, 2.05) is 30.3 Å². The topological polar surface area (TPSA) is 75.3 Å². The molecule has 0 aliphatic carbocycles. The molecule has 2 aromatic carbocycles. The Morgan fingerprint density at radius 2 is 1.85 bits per heavy atom. The lowest BCUT2D eigenvalue weighted by atomic mass is 10.2. The van der Waals surface area contributed by atoms with Gasteiger partial charge in [-0.2, -0.15) is 0 Å². The molecule has 0 aliphatic rings. The highest BCUT2D eigenvalue weighted by Gasteiger charge is 2.17. The summed E-state index contributed by atoms with van der Waals surface area (Å²) >= 11 is 0. The van der Waals surface area contributed by atoms with Crippen molar-refractivity contribution in [1.82, 2.24) is 14.9 Å². The molecule has 27 heavy (non-hydrogen) atoms. The lowest BCUT2D eigenvalue weighted by molar-refractivity contribution is 0.0782. The third-order valence-electron chi connectivity index (χ3n) is 3.88. The van der Waals surface area contributed by atoms with Gasteiger partial charge in [0.1, 0.15) is 29.6 Å². The second kappa shape index (κ2) is 8.27. The molecule has 1 aromatic heterocycles. The zero-order valence-electron chi connectivity index (χ0n) is 14.7. The fourth-order valence-corrected chi connectivity index (χ4v) is 2.47. The summed E-state index contributed by atoms with van der Waals surface area (Å²) < 4.78 is 18.3. The molecule has 0 unspecified atom stereocenters. The Bertz CT molecular complexity index is 972. The van der Waals surface area contributed by atoms with Crippen LogP contribution in [0.1, 0.15) is 21.7 Å². The third-order valence-corrected chi connectivity index (χ3v) is 3.88. The van der Waals surface area contributed by atoms with Gasteiger partial charge in [-0.15, -0.1) is 0 Å². The smallest absolute Gasteiger partial charge is 0.263 e. The molecule has 1 amide bonds. The molecule has 0 aliphatic heterocycles. The van der Waals surface area contributed by atoms with Gasteiger partial charge >= 0.3 is 0 Å². The highest BCUT2D eigenvalue weighted by Crippen LogP contribution is 2.12. The summed E-state index contributed by atoms with van der Waals surface area (Å²) in [4.78, 5) is 32.8. The van der Waals surface area contributed by atoms with Gasteiger partial charge in [0, 0.05) is 19.8 Å². The summed E-state index contributed by atoms with van der Waals surface area (Å²) in [5.41, 5.74) is 0.383. The quantitative estimate of drug-likeness (QED) is 0.727. The van der Waals surface area contributed by atoms with E-state index in [4.69, 9.17) is 4.74 Å². The van der Waals surface area contributed by atoms with Crippen molar-refractivity contribution < 1.29 is 13.9 Å². The van der Waals surface area contributed by atoms with Gasteiger partial charge in [0.25, 0.3) is 11.5 Å². The fourth-order valence-electron chi connectivity index (χ4n) is 2.47. The number of nitrogens with one attached hydrogen (secondary N) is 1. The van der Waals surface area contributed by atoms with Crippen LogP contribution >= 0.6 is 0 Å². The standard InChI is InChI=1S/C20H18FN3O3/c1-24(12-14-5-3-2-4-6-14)20(26)17-11-22-18(23-19(17)25)13-27-16-9-7-15(21)8-10-16/h2-11H,12-13H2,1H3,(H,22,23,25). The number of aromatic nitrogens is 2. The molecule has 0 spiro atoms. The van der Waals surface area contributed by atoms with Gasteiger partial charge in [-0.1, -0.05) is 30.3 Å². The number of aromatic amines is 1. The molecular formula is C20H18FN3O3. The first-order valence-electron chi connectivity index (χ1n) is 8.29. The first-order valence-corrected chi connectivity index (χ1v) is 8.29. The molecule has 138 valence electrons. The van der Waals surface area contributed by atoms with Crippen molar-refractivity contribution in [2.24, 2.45) is 0 Å². The largest absolute Gasteiger partial charge is 0.486 e. The number of ether oxygens (including phenoxy) is 1. The monoisotopic (exact) mass is 367 g/mol. The Hall–Kier alpha value is -3.48. The number of carbonyl (C=O) groups excluding carboxylic acids is 1. The fraction of sp³-hybridized carbons (Fsp3) is 0.150. The number of amides is 1. The number of hydrogen-bond donors (Lipinski definition) is 1. The van der Waals surface area contributed by atoms with Gasteiger partial charge in [-0.3, -0.25) is 9.59 Å². The Morgan fingerprint density at radius 1 is 1.15 bits per heavy atom. The van der Waals surface area contributed by atoms with Crippen molar-refractivity contribution in [2.75, 3.05) is 7.05 Å². The van der Waals surface area contributed by atoms with Crippen LogP contribution in [0, 0.1) is 5.82 Å². The first-order chi connectivity index (χ1) is 13.0. The number of halogens is 1. The van der Waals surface area contributed by atoms with Gasteiger partial charge in [0.05, 0.1) is 0 Å². The summed E-state index contributed by atoms with van der Waals surface area (Å²) in [6.45, 7) is 0.379. The van der Waals surface area contributed by atoms with E-state index in [0.717, 1.165) is 5.56 Å². The van der Waals surface area contributed by atoms with Crippen LogP contribution in [0.15, 0.2) is 65.6 Å². The minimum Gasteiger partial charge on any atom is -0.486 e. The van der Waals surface area contributed by atoms with Crippen LogP contribution < -0.4 is 10.3 Å². The van der Waals surface area contributed by atoms with Gasteiger partial charge in [0.15, 0.2) is 0 Å². The predicted molar refractivity (Wildman–Crippen MR) is 97.8 cm³/mol. The zero-order chi connectivity index (χ0) is 19.2. The highest BCUT2D eigenvalue weighted by molar-refractivity contribution is 5.93. The van der Waals surface area contributed by atoms with Crippen LogP contribution in [0.3, 0.4) is 0 Å². The molecule has 0 fully saturated rings. The average Bonchev–Trinajstić information content (AvgIpc) is 2.68. The minimum atomic E-state index is -0.535. The second-order valence-electron chi connectivity index (χ2n) is 5.96. The number of nitrogens with zero attached hydrogens (tertiary/aromatic N) is 2. The number of rotatable bonds is 6. The Kier molecular flexibility index (Phi) is 5.61. The summed E-state index contributed by atoms with van der Waals surface area (Å²) in [5.74, 6) is -0.0663. The normalized spacial score (nSPS) is 10.4. The van der Waals surface area contributed by atoms with E-state index < -0.39 is 11.5 Å². The molecule has 1 N–H and O–H groups in total. The molecular weight excluding hydrogens is 349 g/mol. The van der Waals surface area contributed by atoms with Gasteiger partial charge in [-0.05, 0) is 29.8 Å². The van der Waals surface area contributed by atoms with Crippen molar-refractivity contribution >= 4 is 5.91 Å². The lowest BCUT2D eigenvalue weighted by Gasteiger charge is -2.16. The van der Waals surface area contributed by atoms with Crippen LogP contribution in [-0.2, 0) is 13.2 Å². The molecule has 0 saturated heterocycles. The number of carbonyl (C=O) groups is 1. The van der Waals surface area contributed by atoms with Crippen LogP contribution in [0.5, 0.6) is 5.75 Å². The third kappa shape index (κ3) is 4.78. The maximum atomic E-state index is 12.9. The minimum absolute atomic E-state index is 0.00476. The summed E-state index contributed by atoms with van der Waals surface area (Å²) in [6, 6.07) is 15.0. The number of benzene rings is 2. The van der Waals surface area contributed by atoms with Gasteiger partial charge in [0.2, 0.25) is 0 Å². The van der Waals surface area contributed by atoms with E-state index in [1.165, 1.54) is 35.4 Å². The SMILES string of the molecule is CN(Cc1ccccc1)C(=O)c1cnc(COc2ccc(F)cc2)[nH]c1=O. The van der Waals surface area contributed by atoms with E-state index in [9.17, 15) is 14.0 Å². The van der Waals surface area contributed by atoms with Crippen molar-refractivity contribution in [1.29, 1.82) is 0 Å². The van der Waals surface area contributed by atoms with Gasteiger partial charge < -0.3 is 14.6 Å². The molecule has 0 saturated carbocycles. The average molecular weight is 367 g/mol. The zero-order valence-corrected chi connectivity index (χ0v) is 14.7. The Morgan fingerprint density at radius 3 is 2.52 bits per heavy atom. The van der Waals surface area contributed by atoms with E-state index in [1.54, 1.807) is 7.05 Å². The van der Waals surface area contributed by atoms with E-state index in [-0.39, 0.29) is 23.8 Å². The molecule has 3 rings (SSSR count). The molecule has 3 aromatic rings. The molecule has 7 heteroatoms. The summed E-state index contributed by atoms with van der Waals surface area (Å²) in [5, 5.41) is 0. The maximum Gasteiger partial charge on any atom is 0.263 e. The highest BCUT2D eigenvalue weighted by atomic mass is 19.1. The van der Waals surface area contributed by atoms with E-state index in [0.29, 0.717) is 12.3 Å². The van der Waals surface area contributed by atoms with Crippen molar-refractivity contribution in [2.45, 2.75) is 13.2 Å². The molecule has 1 heterocycles. The molecule has 0 atom stereocenters. The summed E-state index contributed by atoms with van der Waals surface area (Å²) in [7, 11) is 1.63. The molecule has 6 nitrogen and oxygen atoms in total. The van der Waals surface area contributed by atoms with Crippen molar-refractivity contribution in [3.8, 4) is 5.75 Å². The van der Waals surface area contributed by atoms with Crippen LogP contribution in [0.25, 0.3) is 0 Å². The lowest BCUT2D eigenvalue weighted by Crippen LogP contribution is -2.32. The van der Waals surface area contributed by atoms with Crippen LogP contribution in [-0.4, -0.2) is 27.8 Å². The first kappa shape index (κ1) is 18.3. The van der Waals surface area contributed by atoms with E-state index >= 15 is 0 Å².